The van der Waals surface area contributed by atoms with Gasteiger partial charge in [-0.2, -0.15) is 0 Å². The topological polar surface area (TPSA) is 101 Å². The maximum Gasteiger partial charge on any atom is 0.293 e. The van der Waals surface area contributed by atoms with Crippen LogP contribution in [0.3, 0.4) is 0 Å². The molecule has 0 saturated carbocycles. The van der Waals surface area contributed by atoms with Gasteiger partial charge in [0.15, 0.2) is 0 Å². The number of amides is 1. The van der Waals surface area contributed by atoms with Crippen LogP contribution in [0.5, 0.6) is 0 Å². The highest BCUT2D eigenvalue weighted by atomic mass is 32.2. The summed E-state index contributed by atoms with van der Waals surface area (Å²) in [5, 5.41) is 16.6. The Morgan fingerprint density at radius 3 is 2.71 bits per heavy atom. The number of nitro benzene ring substituents is 1. The van der Waals surface area contributed by atoms with E-state index in [4.69, 9.17) is 0 Å². The highest BCUT2D eigenvalue weighted by molar-refractivity contribution is 7.84. The van der Waals surface area contributed by atoms with Gasteiger partial charge in [-0.3, -0.25) is 19.1 Å². The fourth-order valence-corrected chi connectivity index (χ4v) is 2.37. The molecule has 0 spiro atoms. The van der Waals surface area contributed by atoms with Gasteiger partial charge in [-0.05, 0) is 19.4 Å². The zero-order valence-corrected chi connectivity index (χ0v) is 12.9. The summed E-state index contributed by atoms with van der Waals surface area (Å²) in [7, 11) is -0.895. The highest BCUT2D eigenvalue weighted by Gasteiger charge is 2.20. The number of para-hydroxylation sites is 1. The lowest BCUT2D eigenvalue weighted by Gasteiger charge is -2.11. The van der Waals surface area contributed by atoms with Crippen LogP contribution in [0.15, 0.2) is 18.2 Å². The van der Waals surface area contributed by atoms with Crippen molar-refractivity contribution in [3.8, 4) is 0 Å². The molecule has 1 rings (SSSR count). The maximum atomic E-state index is 12.1. The first-order valence-corrected chi connectivity index (χ1v) is 8.29. The van der Waals surface area contributed by atoms with Crippen LogP contribution < -0.4 is 10.6 Å². The summed E-state index contributed by atoms with van der Waals surface area (Å²) < 4.78 is 10.9. The van der Waals surface area contributed by atoms with Gasteiger partial charge < -0.3 is 10.6 Å². The predicted octanol–water partition coefficient (Wildman–Crippen LogP) is 1.52. The Balaban J connectivity index is 2.85. The molecule has 0 aromatic heterocycles. The maximum absolute atomic E-state index is 12.1. The molecule has 0 aliphatic heterocycles. The third-order valence-corrected chi connectivity index (χ3v) is 3.60. The molecule has 0 heterocycles. The standard InChI is InChI=1S/C13H19N3O4S/c1-3-14-12-10(6-4-7-11(12)16(18)19)13(17)15-8-5-9-21(2)20/h4,6-7,14H,3,5,8-9H2,1-2H3,(H,15,17). The van der Waals surface area contributed by atoms with Gasteiger partial charge >= 0.3 is 0 Å². The van der Waals surface area contributed by atoms with Crippen LogP contribution in [0.2, 0.25) is 0 Å². The smallest absolute Gasteiger partial charge is 0.293 e. The van der Waals surface area contributed by atoms with Gasteiger partial charge in [0.25, 0.3) is 11.6 Å². The van der Waals surface area contributed by atoms with Crippen molar-refractivity contribution in [3.63, 3.8) is 0 Å². The second-order valence-corrected chi connectivity index (χ2v) is 5.93. The fourth-order valence-electron chi connectivity index (χ4n) is 1.82. The van der Waals surface area contributed by atoms with Crippen molar-refractivity contribution in [3.05, 3.63) is 33.9 Å². The molecule has 0 aliphatic carbocycles. The first-order chi connectivity index (χ1) is 9.97. The van der Waals surface area contributed by atoms with Crippen molar-refractivity contribution in [1.82, 2.24) is 5.32 Å². The molecule has 1 atom stereocenters. The zero-order chi connectivity index (χ0) is 15.8. The van der Waals surface area contributed by atoms with Crippen LogP contribution in [-0.4, -0.2) is 40.1 Å². The van der Waals surface area contributed by atoms with E-state index in [0.717, 1.165) is 0 Å². The molecule has 1 amide bonds. The van der Waals surface area contributed by atoms with Crippen LogP contribution in [0.1, 0.15) is 23.7 Å². The van der Waals surface area contributed by atoms with Gasteiger partial charge in [0, 0.05) is 42.0 Å². The van der Waals surface area contributed by atoms with Crippen molar-refractivity contribution in [2.75, 3.05) is 30.4 Å². The molecule has 116 valence electrons. The summed E-state index contributed by atoms with van der Waals surface area (Å²) in [4.78, 5) is 22.6. The van der Waals surface area contributed by atoms with Gasteiger partial charge in [-0.15, -0.1) is 0 Å². The third kappa shape index (κ3) is 5.14. The Morgan fingerprint density at radius 1 is 1.43 bits per heavy atom. The lowest BCUT2D eigenvalue weighted by molar-refractivity contribution is -0.384. The minimum absolute atomic E-state index is 0.126. The molecule has 0 radical (unpaired) electrons. The molecule has 1 aromatic carbocycles. The molecule has 0 fully saturated rings. The van der Waals surface area contributed by atoms with E-state index in [9.17, 15) is 19.1 Å². The number of nitrogens with one attached hydrogen (secondary N) is 2. The minimum Gasteiger partial charge on any atom is -0.379 e. The Bertz CT molecular complexity index is 548. The molecule has 0 aliphatic rings. The number of carbonyl (C=O) groups is 1. The quantitative estimate of drug-likeness (QED) is 0.430. The highest BCUT2D eigenvalue weighted by Crippen LogP contribution is 2.28. The second kappa shape index (κ2) is 8.35. The van der Waals surface area contributed by atoms with E-state index in [-0.39, 0.29) is 22.8 Å². The molecular weight excluding hydrogens is 294 g/mol. The molecular formula is C13H19N3O4S. The molecule has 7 nitrogen and oxygen atoms in total. The second-order valence-electron chi connectivity index (χ2n) is 4.37. The average molecular weight is 313 g/mol. The number of nitro groups is 1. The SMILES string of the molecule is CCNc1c(C(=O)NCCCS(C)=O)cccc1[N+](=O)[O-]. The van der Waals surface area contributed by atoms with Gasteiger partial charge in [0.1, 0.15) is 5.69 Å². The summed E-state index contributed by atoms with van der Waals surface area (Å²) in [6.07, 6.45) is 2.20. The van der Waals surface area contributed by atoms with Gasteiger partial charge in [-0.1, -0.05) is 6.07 Å². The van der Waals surface area contributed by atoms with Gasteiger partial charge in [0.05, 0.1) is 10.5 Å². The average Bonchev–Trinajstić information content (AvgIpc) is 2.43. The Hall–Kier alpha value is -1.96. The molecule has 8 heteroatoms. The van der Waals surface area contributed by atoms with Crippen LogP contribution in [-0.2, 0) is 10.8 Å². The number of anilines is 1. The first kappa shape index (κ1) is 17.1. The normalized spacial score (nSPS) is 11.7. The zero-order valence-electron chi connectivity index (χ0n) is 12.0. The van der Waals surface area contributed by atoms with E-state index in [2.05, 4.69) is 10.6 Å². The lowest BCUT2D eigenvalue weighted by atomic mass is 10.1. The first-order valence-electron chi connectivity index (χ1n) is 6.56. The molecule has 21 heavy (non-hydrogen) atoms. The summed E-state index contributed by atoms with van der Waals surface area (Å²) in [6.45, 7) is 2.65. The van der Waals surface area contributed by atoms with Crippen LogP contribution in [0, 0.1) is 10.1 Å². The predicted molar refractivity (Wildman–Crippen MR) is 83.1 cm³/mol. The van der Waals surface area contributed by atoms with Crippen LogP contribution >= 0.6 is 0 Å². The monoisotopic (exact) mass is 313 g/mol. The Kier molecular flexibility index (Phi) is 6.80. The van der Waals surface area contributed by atoms with Crippen molar-refractivity contribution in [1.29, 1.82) is 0 Å². The van der Waals surface area contributed by atoms with E-state index >= 15 is 0 Å². The summed E-state index contributed by atoms with van der Waals surface area (Å²) >= 11 is 0. The molecule has 1 unspecified atom stereocenters. The molecule has 0 saturated heterocycles. The number of carbonyl (C=O) groups excluding carboxylic acids is 1. The van der Waals surface area contributed by atoms with Crippen molar-refractivity contribution < 1.29 is 13.9 Å². The van der Waals surface area contributed by atoms with Crippen molar-refractivity contribution in [2.45, 2.75) is 13.3 Å². The van der Waals surface area contributed by atoms with Crippen LogP contribution in [0.25, 0.3) is 0 Å². The van der Waals surface area contributed by atoms with Crippen molar-refractivity contribution in [2.24, 2.45) is 0 Å². The van der Waals surface area contributed by atoms with Gasteiger partial charge in [0.2, 0.25) is 0 Å². The third-order valence-electron chi connectivity index (χ3n) is 2.73. The van der Waals surface area contributed by atoms with E-state index in [0.29, 0.717) is 25.3 Å². The van der Waals surface area contributed by atoms with E-state index in [1.807, 2.05) is 0 Å². The van der Waals surface area contributed by atoms with E-state index in [1.165, 1.54) is 18.2 Å². The number of rotatable bonds is 8. The van der Waals surface area contributed by atoms with Crippen LogP contribution in [0.4, 0.5) is 11.4 Å². The number of benzene rings is 1. The summed E-state index contributed by atoms with van der Waals surface area (Å²) in [5.74, 6) is 0.131. The molecule has 1 aromatic rings. The lowest BCUT2D eigenvalue weighted by Crippen LogP contribution is -2.26. The number of nitrogens with zero attached hydrogens (tertiary/aromatic N) is 1. The van der Waals surface area contributed by atoms with Crippen molar-refractivity contribution >= 4 is 28.1 Å². The summed E-state index contributed by atoms with van der Waals surface area (Å²) in [5.41, 5.74) is 0.337. The van der Waals surface area contributed by atoms with Gasteiger partial charge in [-0.25, -0.2) is 0 Å². The van der Waals surface area contributed by atoms with E-state index < -0.39 is 15.7 Å². The fraction of sp³-hybridized carbons (Fsp3) is 0.462. The van der Waals surface area contributed by atoms with E-state index in [1.54, 1.807) is 13.2 Å². The molecule has 2 N–H and O–H groups in total. The Morgan fingerprint density at radius 2 is 2.14 bits per heavy atom. The molecule has 0 bridgehead atoms. The Labute approximate surface area is 125 Å². The number of hydrogen-bond donors (Lipinski definition) is 2. The number of hydrogen-bond acceptors (Lipinski definition) is 5. The largest absolute Gasteiger partial charge is 0.379 e. The minimum atomic E-state index is -0.895. The summed E-state index contributed by atoms with van der Waals surface area (Å²) in [6, 6.07) is 4.38.